The van der Waals surface area contributed by atoms with Gasteiger partial charge < -0.3 is 10.2 Å². The Morgan fingerprint density at radius 2 is 1.72 bits per heavy atom. The van der Waals surface area contributed by atoms with Gasteiger partial charge in [-0.2, -0.15) is 0 Å². The predicted molar refractivity (Wildman–Crippen MR) is 134 cm³/mol. The van der Waals surface area contributed by atoms with E-state index >= 15 is 0 Å². The molecule has 4 rings (SSSR count). The van der Waals surface area contributed by atoms with Gasteiger partial charge in [0.2, 0.25) is 0 Å². The van der Waals surface area contributed by atoms with Gasteiger partial charge in [0.1, 0.15) is 0 Å². The van der Waals surface area contributed by atoms with Crippen molar-refractivity contribution in [2.24, 2.45) is 46.3 Å². The summed E-state index contributed by atoms with van der Waals surface area (Å²) in [6.07, 6.45) is 18.1. The average molecular weight is 445 g/mol. The van der Waals surface area contributed by atoms with E-state index in [4.69, 9.17) is 0 Å². The molecule has 2 nitrogen and oxygen atoms in total. The Hall–Kier alpha value is -0.340. The molecule has 3 fully saturated rings. The van der Waals surface area contributed by atoms with Gasteiger partial charge >= 0.3 is 0 Å². The average Bonchev–Trinajstić information content (AvgIpc) is 3.11. The van der Waals surface area contributed by atoms with Crippen molar-refractivity contribution in [2.75, 3.05) is 0 Å². The molecule has 3 saturated carbocycles. The van der Waals surface area contributed by atoms with Crippen LogP contribution in [0.15, 0.2) is 11.6 Å². The van der Waals surface area contributed by atoms with Crippen molar-refractivity contribution in [1.82, 2.24) is 0 Å². The molecule has 184 valence electrons. The van der Waals surface area contributed by atoms with Gasteiger partial charge in [-0.1, -0.05) is 72.0 Å². The maximum Gasteiger partial charge on any atom is 0.0577 e. The molecule has 0 aliphatic heterocycles. The molecule has 0 spiro atoms. The number of allylic oxidation sites excluding steroid dienone is 1. The summed E-state index contributed by atoms with van der Waals surface area (Å²) in [4.78, 5) is 0. The molecule has 0 heterocycles. The second-order valence-electron chi connectivity index (χ2n) is 13.0. The Morgan fingerprint density at radius 3 is 2.41 bits per heavy atom. The first-order valence-electron chi connectivity index (χ1n) is 14.3. The van der Waals surface area contributed by atoms with Gasteiger partial charge in [0.15, 0.2) is 0 Å². The molecule has 0 aromatic rings. The standard InChI is InChI=1S/C30H52O2/c1-6-8-21(9-7-2)18-28(32)20(3)25-12-13-26-24-11-10-22-19-23(31)14-16-29(22,4)27(24)15-17-30(25,26)5/h10,20-21,23-28,31-32H,6-9,11-19H2,1-5H3/t20-,23?,24?,25?,26?,27?,28?,29?,30?/m0/s1. The van der Waals surface area contributed by atoms with E-state index in [0.29, 0.717) is 28.6 Å². The van der Waals surface area contributed by atoms with Crippen molar-refractivity contribution >= 4 is 0 Å². The molecule has 2 N–H and O–H groups in total. The predicted octanol–water partition coefficient (Wildman–Crippen LogP) is 7.53. The lowest BCUT2D eigenvalue weighted by Crippen LogP contribution is -2.51. The quantitative estimate of drug-likeness (QED) is 0.380. The molecule has 32 heavy (non-hydrogen) atoms. The van der Waals surface area contributed by atoms with Crippen molar-refractivity contribution in [2.45, 2.75) is 130 Å². The van der Waals surface area contributed by atoms with Gasteiger partial charge in [0, 0.05) is 0 Å². The minimum Gasteiger partial charge on any atom is -0.393 e. The molecule has 4 aliphatic rings. The van der Waals surface area contributed by atoms with Gasteiger partial charge in [-0.15, -0.1) is 0 Å². The van der Waals surface area contributed by atoms with Crippen LogP contribution >= 0.6 is 0 Å². The summed E-state index contributed by atoms with van der Waals surface area (Å²) >= 11 is 0. The van der Waals surface area contributed by atoms with Crippen LogP contribution in [0.2, 0.25) is 0 Å². The first-order chi connectivity index (χ1) is 15.2. The van der Waals surface area contributed by atoms with Gasteiger partial charge in [-0.05, 0) is 104 Å². The lowest BCUT2D eigenvalue weighted by molar-refractivity contribution is -0.0692. The third-order valence-electron chi connectivity index (χ3n) is 11.4. The summed E-state index contributed by atoms with van der Waals surface area (Å²) in [5.74, 6) is 4.26. The van der Waals surface area contributed by atoms with Crippen molar-refractivity contribution in [3.8, 4) is 0 Å². The molecule has 8 unspecified atom stereocenters. The topological polar surface area (TPSA) is 40.5 Å². The molecule has 0 amide bonds. The number of fused-ring (bicyclic) bond motifs is 5. The third kappa shape index (κ3) is 4.26. The largest absolute Gasteiger partial charge is 0.393 e. The first-order valence-corrected chi connectivity index (χ1v) is 14.3. The number of rotatable bonds is 8. The fourth-order valence-corrected chi connectivity index (χ4v) is 9.57. The van der Waals surface area contributed by atoms with E-state index < -0.39 is 0 Å². The molecule has 4 aliphatic carbocycles. The SMILES string of the molecule is CCCC(CCC)CC(O)[C@@H](C)C1CCC2C3CC=C4CC(O)CCC4(C)C3CCC21C. The normalized spacial score (nSPS) is 43.2. The van der Waals surface area contributed by atoms with Gasteiger partial charge in [-0.25, -0.2) is 0 Å². The zero-order valence-electron chi connectivity index (χ0n) is 21.8. The van der Waals surface area contributed by atoms with E-state index in [1.807, 2.05) is 0 Å². The Bertz CT molecular complexity index is 664. The zero-order chi connectivity index (χ0) is 23.1. The Balaban J connectivity index is 1.48. The highest BCUT2D eigenvalue weighted by atomic mass is 16.3. The molecular weight excluding hydrogens is 392 g/mol. The van der Waals surface area contributed by atoms with Gasteiger partial charge in [-0.3, -0.25) is 0 Å². The van der Waals surface area contributed by atoms with E-state index in [9.17, 15) is 10.2 Å². The molecule has 2 heteroatoms. The molecule has 0 saturated heterocycles. The number of aliphatic hydroxyl groups excluding tert-OH is 2. The van der Waals surface area contributed by atoms with Crippen LogP contribution < -0.4 is 0 Å². The lowest BCUT2D eigenvalue weighted by Gasteiger charge is -2.58. The third-order valence-corrected chi connectivity index (χ3v) is 11.4. The maximum absolute atomic E-state index is 11.3. The number of aliphatic hydroxyl groups is 2. The summed E-state index contributed by atoms with van der Waals surface area (Å²) in [5.41, 5.74) is 2.32. The molecular formula is C30H52O2. The molecule has 0 aromatic heterocycles. The van der Waals surface area contributed by atoms with Gasteiger partial charge in [0.25, 0.3) is 0 Å². The lowest BCUT2D eigenvalue weighted by atomic mass is 9.47. The monoisotopic (exact) mass is 444 g/mol. The highest BCUT2D eigenvalue weighted by Crippen LogP contribution is 2.67. The molecule has 0 aromatic carbocycles. The van der Waals surface area contributed by atoms with Crippen LogP contribution in [0.4, 0.5) is 0 Å². The van der Waals surface area contributed by atoms with Crippen LogP contribution in [-0.2, 0) is 0 Å². The summed E-state index contributed by atoms with van der Waals surface area (Å²) in [6, 6.07) is 0. The van der Waals surface area contributed by atoms with E-state index in [1.165, 1.54) is 64.2 Å². The number of hydrogen-bond donors (Lipinski definition) is 2. The van der Waals surface area contributed by atoms with Crippen molar-refractivity contribution in [3.63, 3.8) is 0 Å². The minimum absolute atomic E-state index is 0.109. The molecule has 0 bridgehead atoms. The van der Waals surface area contributed by atoms with Crippen LogP contribution in [-0.4, -0.2) is 22.4 Å². The summed E-state index contributed by atoms with van der Waals surface area (Å²) in [5, 5.41) is 21.6. The second-order valence-corrected chi connectivity index (χ2v) is 13.0. The van der Waals surface area contributed by atoms with E-state index in [-0.39, 0.29) is 12.2 Å². The van der Waals surface area contributed by atoms with E-state index in [1.54, 1.807) is 5.57 Å². The zero-order valence-corrected chi connectivity index (χ0v) is 21.8. The fourth-order valence-electron chi connectivity index (χ4n) is 9.57. The van der Waals surface area contributed by atoms with Gasteiger partial charge in [0.05, 0.1) is 12.2 Å². The Kier molecular flexibility index (Phi) is 7.53. The summed E-state index contributed by atoms with van der Waals surface area (Å²) in [7, 11) is 0. The summed E-state index contributed by atoms with van der Waals surface area (Å²) in [6.45, 7) is 12.1. The number of hydrogen-bond acceptors (Lipinski definition) is 2. The van der Waals surface area contributed by atoms with Crippen molar-refractivity contribution in [3.05, 3.63) is 11.6 Å². The van der Waals surface area contributed by atoms with E-state index in [0.717, 1.165) is 37.0 Å². The van der Waals surface area contributed by atoms with Crippen molar-refractivity contribution in [1.29, 1.82) is 0 Å². The fraction of sp³-hybridized carbons (Fsp3) is 0.933. The smallest absolute Gasteiger partial charge is 0.0577 e. The molecule has 9 atom stereocenters. The maximum atomic E-state index is 11.3. The van der Waals surface area contributed by atoms with Crippen molar-refractivity contribution < 1.29 is 10.2 Å². The van der Waals surface area contributed by atoms with Crippen LogP contribution in [0.3, 0.4) is 0 Å². The summed E-state index contributed by atoms with van der Waals surface area (Å²) < 4.78 is 0. The molecule has 0 radical (unpaired) electrons. The highest BCUT2D eigenvalue weighted by Gasteiger charge is 2.59. The van der Waals surface area contributed by atoms with E-state index in [2.05, 4.69) is 40.7 Å². The minimum atomic E-state index is -0.133. The highest BCUT2D eigenvalue weighted by molar-refractivity contribution is 5.25. The first kappa shape index (κ1) is 24.8. The van der Waals surface area contributed by atoms with Crippen LogP contribution in [0, 0.1) is 46.3 Å². The van der Waals surface area contributed by atoms with Crippen LogP contribution in [0.1, 0.15) is 118 Å². The Morgan fingerprint density at radius 1 is 1.00 bits per heavy atom. The Labute approximate surface area is 198 Å². The second kappa shape index (κ2) is 9.73. The van der Waals surface area contributed by atoms with Crippen LogP contribution in [0.5, 0.6) is 0 Å². The van der Waals surface area contributed by atoms with Crippen LogP contribution in [0.25, 0.3) is 0 Å².